The number of nitrogens with one attached hydrogen (secondary N) is 2. The van der Waals surface area contributed by atoms with Crippen molar-refractivity contribution in [1.29, 1.82) is 0 Å². The fraction of sp³-hybridized carbons (Fsp3) is 0.263. The number of amides is 1. The SMILES string of the molecule is CC(=O)Nc1cccc(CN=C(N)Nc2ccc(OC(C)C)cc2)c1.I. The number of aliphatic imine (C=N–C) groups is 1. The van der Waals surface area contributed by atoms with Crippen LogP contribution in [0.1, 0.15) is 26.3 Å². The van der Waals surface area contributed by atoms with Gasteiger partial charge in [-0.25, -0.2) is 4.99 Å². The van der Waals surface area contributed by atoms with Crippen LogP contribution in [0.25, 0.3) is 0 Å². The van der Waals surface area contributed by atoms with E-state index in [-0.39, 0.29) is 36.0 Å². The standard InChI is InChI=1S/C19H24N4O2.HI/c1-13(2)25-18-9-7-16(8-10-18)23-19(20)21-12-15-5-4-6-17(11-15)22-14(3)24;/h4-11,13H,12H2,1-3H3,(H,22,24)(H3,20,21,23);1H. The van der Waals surface area contributed by atoms with E-state index in [2.05, 4.69) is 15.6 Å². The van der Waals surface area contributed by atoms with E-state index in [1.54, 1.807) is 0 Å². The van der Waals surface area contributed by atoms with E-state index < -0.39 is 0 Å². The van der Waals surface area contributed by atoms with Crippen molar-refractivity contribution in [2.24, 2.45) is 10.7 Å². The summed E-state index contributed by atoms with van der Waals surface area (Å²) < 4.78 is 5.60. The van der Waals surface area contributed by atoms with Crippen molar-refractivity contribution >= 4 is 47.2 Å². The number of anilines is 2. The zero-order valence-corrected chi connectivity index (χ0v) is 17.5. The van der Waals surface area contributed by atoms with E-state index in [1.165, 1.54) is 6.92 Å². The molecule has 0 fully saturated rings. The zero-order chi connectivity index (χ0) is 18.2. The minimum Gasteiger partial charge on any atom is -0.491 e. The molecular weight excluding hydrogens is 443 g/mol. The number of rotatable bonds is 6. The summed E-state index contributed by atoms with van der Waals surface area (Å²) in [5.74, 6) is 1.03. The Bertz CT molecular complexity index is 745. The summed E-state index contributed by atoms with van der Waals surface area (Å²) in [5, 5.41) is 5.79. The van der Waals surface area contributed by atoms with Crippen LogP contribution in [0.4, 0.5) is 11.4 Å². The number of halogens is 1. The molecule has 2 aromatic carbocycles. The van der Waals surface area contributed by atoms with Crippen LogP contribution < -0.4 is 21.1 Å². The van der Waals surface area contributed by atoms with Crippen molar-refractivity contribution in [3.05, 3.63) is 54.1 Å². The van der Waals surface area contributed by atoms with Gasteiger partial charge in [0, 0.05) is 18.3 Å². The quantitative estimate of drug-likeness (QED) is 0.340. The number of nitrogens with zero attached hydrogens (tertiary/aromatic N) is 1. The third-order valence-corrected chi connectivity index (χ3v) is 3.18. The lowest BCUT2D eigenvalue weighted by Gasteiger charge is -2.11. The molecule has 0 aliphatic carbocycles. The first-order chi connectivity index (χ1) is 11.9. The van der Waals surface area contributed by atoms with Gasteiger partial charge >= 0.3 is 0 Å². The summed E-state index contributed by atoms with van der Waals surface area (Å²) in [4.78, 5) is 15.4. The van der Waals surface area contributed by atoms with Crippen LogP contribution >= 0.6 is 24.0 Å². The molecule has 0 spiro atoms. The van der Waals surface area contributed by atoms with E-state index in [0.29, 0.717) is 12.5 Å². The molecule has 6 nitrogen and oxygen atoms in total. The first-order valence-corrected chi connectivity index (χ1v) is 8.12. The molecule has 0 aromatic heterocycles. The molecule has 0 atom stereocenters. The van der Waals surface area contributed by atoms with Crippen molar-refractivity contribution in [3.63, 3.8) is 0 Å². The fourth-order valence-corrected chi connectivity index (χ4v) is 2.20. The number of carbonyl (C=O) groups is 1. The monoisotopic (exact) mass is 468 g/mol. The lowest BCUT2D eigenvalue weighted by atomic mass is 10.2. The van der Waals surface area contributed by atoms with Crippen molar-refractivity contribution in [1.82, 2.24) is 0 Å². The maximum absolute atomic E-state index is 11.1. The van der Waals surface area contributed by atoms with Crippen molar-refractivity contribution in [3.8, 4) is 5.75 Å². The molecular formula is C19H25IN4O2. The zero-order valence-electron chi connectivity index (χ0n) is 15.2. The Hall–Kier alpha value is -2.29. The third-order valence-electron chi connectivity index (χ3n) is 3.18. The van der Waals surface area contributed by atoms with E-state index in [9.17, 15) is 4.79 Å². The van der Waals surface area contributed by atoms with Crippen LogP contribution in [0.3, 0.4) is 0 Å². The van der Waals surface area contributed by atoms with Crippen LogP contribution in [0.15, 0.2) is 53.5 Å². The number of ether oxygens (including phenoxy) is 1. The van der Waals surface area contributed by atoms with Gasteiger partial charge in [0.1, 0.15) is 5.75 Å². The minimum absolute atomic E-state index is 0. The maximum Gasteiger partial charge on any atom is 0.221 e. The highest BCUT2D eigenvalue weighted by Crippen LogP contribution is 2.17. The van der Waals surface area contributed by atoms with Crippen LogP contribution in [-0.4, -0.2) is 18.0 Å². The molecule has 2 aromatic rings. The minimum atomic E-state index is -0.105. The third kappa shape index (κ3) is 7.73. The van der Waals surface area contributed by atoms with Crippen molar-refractivity contribution in [2.45, 2.75) is 33.4 Å². The van der Waals surface area contributed by atoms with Gasteiger partial charge in [0.25, 0.3) is 0 Å². The predicted octanol–water partition coefficient (Wildman–Crippen LogP) is 3.98. The molecule has 140 valence electrons. The molecule has 0 bridgehead atoms. The van der Waals surface area contributed by atoms with E-state index >= 15 is 0 Å². The summed E-state index contributed by atoms with van der Waals surface area (Å²) >= 11 is 0. The lowest BCUT2D eigenvalue weighted by molar-refractivity contribution is -0.114. The smallest absolute Gasteiger partial charge is 0.221 e. The number of carbonyl (C=O) groups excluding carboxylic acids is 1. The molecule has 0 aliphatic heterocycles. The van der Waals surface area contributed by atoms with Gasteiger partial charge in [-0.05, 0) is 55.8 Å². The Labute approximate surface area is 171 Å². The van der Waals surface area contributed by atoms with E-state index in [4.69, 9.17) is 10.5 Å². The highest BCUT2D eigenvalue weighted by molar-refractivity contribution is 14.0. The summed E-state index contributed by atoms with van der Waals surface area (Å²) in [5.41, 5.74) is 8.46. The van der Waals surface area contributed by atoms with Gasteiger partial charge in [0.2, 0.25) is 5.91 Å². The Morgan fingerprint density at radius 2 is 1.81 bits per heavy atom. The first-order valence-electron chi connectivity index (χ1n) is 8.12. The summed E-state index contributed by atoms with van der Waals surface area (Å²) in [6, 6.07) is 15.0. The van der Waals surface area contributed by atoms with Gasteiger partial charge in [-0.1, -0.05) is 12.1 Å². The molecule has 0 saturated carbocycles. The normalized spacial score (nSPS) is 10.8. The number of nitrogens with two attached hydrogens (primary N) is 1. The molecule has 0 radical (unpaired) electrons. The highest BCUT2D eigenvalue weighted by Gasteiger charge is 2.01. The predicted molar refractivity (Wildman–Crippen MR) is 117 cm³/mol. The fourth-order valence-electron chi connectivity index (χ4n) is 2.20. The Kier molecular flexibility index (Phi) is 8.91. The van der Waals surface area contributed by atoms with Gasteiger partial charge < -0.3 is 21.1 Å². The molecule has 7 heteroatoms. The molecule has 0 heterocycles. The van der Waals surface area contributed by atoms with E-state index in [0.717, 1.165) is 22.7 Å². The Balaban J connectivity index is 0.00000338. The van der Waals surface area contributed by atoms with Gasteiger partial charge in [0.05, 0.1) is 12.6 Å². The van der Waals surface area contributed by atoms with Crippen LogP contribution in [0.2, 0.25) is 0 Å². The summed E-state index contributed by atoms with van der Waals surface area (Å²) in [6.07, 6.45) is 0.138. The number of hydrogen-bond acceptors (Lipinski definition) is 3. The second kappa shape index (κ2) is 10.6. The number of benzene rings is 2. The molecule has 0 saturated heterocycles. The van der Waals surface area contributed by atoms with Crippen LogP contribution in [0, 0.1) is 0 Å². The first kappa shape index (κ1) is 21.8. The second-order valence-corrected chi connectivity index (χ2v) is 5.90. The number of hydrogen-bond donors (Lipinski definition) is 3. The second-order valence-electron chi connectivity index (χ2n) is 5.90. The highest BCUT2D eigenvalue weighted by atomic mass is 127. The van der Waals surface area contributed by atoms with Gasteiger partial charge in [-0.15, -0.1) is 24.0 Å². The molecule has 2 rings (SSSR count). The molecule has 26 heavy (non-hydrogen) atoms. The average Bonchev–Trinajstić information content (AvgIpc) is 2.54. The van der Waals surface area contributed by atoms with Crippen molar-refractivity contribution in [2.75, 3.05) is 10.6 Å². The van der Waals surface area contributed by atoms with Gasteiger partial charge in [-0.3, -0.25) is 4.79 Å². The largest absolute Gasteiger partial charge is 0.491 e. The average molecular weight is 468 g/mol. The van der Waals surface area contributed by atoms with Gasteiger partial charge in [0.15, 0.2) is 5.96 Å². The Morgan fingerprint density at radius 1 is 1.12 bits per heavy atom. The summed E-state index contributed by atoms with van der Waals surface area (Å²) in [7, 11) is 0. The molecule has 0 aliphatic rings. The maximum atomic E-state index is 11.1. The molecule has 1 amide bonds. The lowest BCUT2D eigenvalue weighted by Crippen LogP contribution is -2.22. The van der Waals surface area contributed by atoms with Crippen LogP contribution in [-0.2, 0) is 11.3 Å². The number of guanidine groups is 1. The Morgan fingerprint density at radius 3 is 2.42 bits per heavy atom. The van der Waals surface area contributed by atoms with E-state index in [1.807, 2.05) is 62.4 Å². The van der Waals surface area contributed by atoms with Gasteiger partial charge in [-0.2, -0.15) is 0 Å². The molecule has 0 unspecified atom stereocenters. The molecule has 4 N–H and O–H groups in total. The van der Waals surface area contributed by atoms with Crippen LogP contribution in [0.5, 0.6) is 5.75 Å². The summed E-state index contributed by atoms with van der Waals surface area (Å²) in [6.45, 7) is 5.86. The van der Waals surface area contributed by atoms with Crippen molar-refractivity contribution < 1.29 is 9.53 Å². The topological polar surface area (TPSA) is 88.7 Å².